The summed E-state index contributed by atoms with van der Waals surface area (Å²) in [4.78, 5) is 14.3. The van der Waals surface area contributed by atoms with Crippen molar-refractivity contribution in [1.82, 2.24) is 10.2 Å². The van der Waals surface area contributed by atoms with Crippen LogP contribution in [0.5, 0.6) is 0 Å². The molecular weight excluding hydrogens is 410 g/mol. The van der Waals surface area contributed by atoms with Crippen LogP contribution in [0.2, 0.25) is 5.02 Å². The molecule has 1 saturated heterocycles. The van der Waals surface area contributed by atoms with Crippen LogP contribution in [-0.2, 0) is 9.84 Å². The average molecular weight is 435 g/mol. The fraction of sp³-hybridized carbons (Fsp3) is 0.526. The van der Waals surface area contributed by atoms with Gasteiger partial charge in [-0.1, -0.05) is 35.9 Å². The van der Waals surface area contributed by atoms with Gasteiger partial charge in [0.15, 0.2) is 9.84 Å². The second-order valence-corrected chi connectivity index (χ2v) is 9.64. The minimum absolute atomic E-state index is 0.0915. The number of hydrogen-bond acceptors (Lipinski definition) is 3. The molecule has 0 spiro atoms. The first kappa shape index (κ1) is 22.6. The van der Waals surface area contributed by atoms with Gasteiger partial charge in [0, 0.05) is 35.2 Å². The summed E-state index contributed by atoms with van der Waals surface area (Å²) in [6, 6.07) is 5.30. The Bertz CT molecular complexity index is 840. The summed E-state index contributed by atoms with van der Waals surface area (Å²) in [6.07, 6.45) is 2.69. The number of carbonyl (C=O) groups excluding carboxylic acids is 1. The second kappa shape index (κ2) is 8.78. The van der Waals surface area contributed by atoms with Crippen molar-refractivity contribution in [2.45, 2.75) is 44.7 Å². The summed E-state index contributed by atoms with van der Waals surface area (Å²) in [5.41, 5.74) is 0.618. The molecule has 3 atom stereocenters. The van der Waals surface area contributed by atoms with E-state index in [2.05, 4.69) is 5.32 Å². The molecule has 0 bridgehead atoms. The molecule has 1 aliphatic rings. The number of halogens is 3. The van der Waals surface area contributed by atoms with E-state index < -0.39 is 39.8 Å². The van der Waals surface area contributed by atoms with E-state index in [-0.39, 0.29) is 19.4 Å². The van der Waals surface area contributed by atoms with Crippen LogP contribution in [0.1, 0.15) is 38.3 Å². The lowest BCUT2D eigenvalue weighted by molar-refractivity contribution is -0.0686. The van der Waals surface area contributed by atoms with Crippen LogP contribution in [0.4, 0.5) is 13.6 Å². The highest BCUT2D eigenvalue weighted by molar-refractivity contribution is 7.93. The Morgan fingerprint density at radius 3 is 2.61 bits per heavy atom. The summed E-state index contributed by atoms with van der Waals surface area (Å²) in [5, 5.41) is 4.13. The Morgan fingerprint density at radius 2 is 2.04 bits per heavy atom. The number of urea groups is 1. The van der Waals surface area contributed by atoms with Crippen molar-refractivity contribution in [3.8, 4) is 0 Å². The molecule has 1 unspecified atom stereocenters. The molecule has 1 aromatic rings. The maximum atomic E-state index is 13.9. The molecule has 2 amide bonds. The molecular formula is C19H25ClF2N2O3S. The monoisotopic (exact) mass is 434 g/mol. The lowest BCUT2D eigenvalue weighted by Crippen LogP contribution is -2.50. The summed E-state index contributed by atoms with van der Waals surface area (Å²) >= 11 is 6.27. The van der Waals surface area contributed by atoms with Gasteiger partial charge in [0.2, 0.25) is 5.92 Å². The molecule has 1 aliphatic heterocycles. The quantitative estimate of drug-likeness (QED) is 0.746. The normalized spacial score (nSPS) is 22.3. The maximum absolute atomic E-state index is 13.9. The van der Waals surface area contributed by atoms with Crippen molar-refractivity contribution in [3.63, 3.8) is 0 Å². The van der Waals surface area contributed by atoms with Gasteiger partial charge < -0.3 is 10.2 Å². The second-order valence-electron chi connectivity index (χ2n) is 7.30. The highest BCUT2D eigenvalue weighted by Crippen LogP contribution is 2.42. The van der Waals surface area contributed by atoms with Crippen LogP contribution < -0.4 is 5.32 Å². The van der Waals surface area contributed by atoms with Crippen LogP contribution in [0, 0.1) is 5.92 Å². The SMILES string of the molecule is CC(/C=C/S(C)(=O)=O)NC(=O)N1CC[C@@H](C(C)(F)F)C[C@H]1c1ccccc1Cl. The third kappa shape index (κ3) is 6.17. The predicted molar refractivity (Wildman–Crippen MR) is 106 cm³/mol. The molecule has 2 rings (SSSR count). The Kier molecular flexibility index (Phi) is 7.09. The molecule has 9 heteroatoms. The Morgan fingerprint density at radius 1 is 1.39 bits per heavy atom. The Labute approximate surface area is 169 Å². The first-order chi connectivity index (χ1) is 12.9. The van der Waals surface area contributed by atoms with Crippen LogP contribution in [-0.4, -0.2) is 44.1 Å². The van der Waals surface area contributed by atoms with Crippen molar-refractivity contribution >= 4 is 27.5 Å². The Hall–Kier alpha value is -1.67. The molecule has 0 aliphatic carbocycles. The van der Waals surface area contributed by atoms with Gasteiger partial charge in [0.25, 0.3) is 0 Å². The molecule has 0 aromatic heterocycles. The number of nitrogens with zero attached hydrogens (tertiary/aromatic N) is 1. The van der Waals surface area contributed by atoms with Crippen LogP contribution in [0.3, 0.4) is 0 Å². The van der Waals surface area contributed by atoms with Gasteiger partial charge >= 0.3 is 6.03 Å². The zero-order chi connectivity index (χ0) is 21.1. The molecule has 0 saturated carbocycles. The van der Waals surface area contributed by atoms with E-state index >= 15 is 0 Å². The molecule has 28 heavy (non-hydrogen) atoms. The number of piperidine rings is 1. The van der Waals surface area contributed by atoms with Gasteiger partial charge in [0.05, 0.1) is 6.04 Å². The van der Waals surface area contributed by atoms with E-state index in [1.807, 2.05) is 0 Å². The van der Waals surface area contributed by atoms with Crippen molar-refractivity contribution in [1.29, 1.82) is 0 Å². The van der Waals surface area contributed by atoms with Gasteiger partial charge in [-0.3, -0.25) is 0 Å². The molecule has 156 valence electrons. The number of rotatable bonds is 5. The number of alkyl halides is 2. The van der Waals surface area contributed by atoms with E-state index in [0.717, 1.165) is 18.6 Å². The lowest BCUT2D eigenvalue weighted by Gasteiger charge is -2.41. The number of hydrogen-bond donors (Lipinski definition) is 1. The molecule has 1 aromatic carbocycles. The molecule has 1 heterocycles. The first-order valence-electron chi connectivity index (χ1n) is 8.96. The van der Waals surface area contributed by atoms with Gasteiger partial charge in [-0.15, -0.1) is 0 Å². The summed E-state index contributed by atoms with van der Waals surface area (Å²) in [6.45, 7) is 2.68. The third-order valence-corrected chi connectivity index (χ3v) is 5.81. The molecule has 1 fully saturated rings. The number of benzene rings is 1. The number of sulfone groups is 1. The zero-order valence-corrected chi connectivity index (χ0v) is 17.6. The van der Waals surface area contributed by atoms with E-state index in [1.54, 1.807) is 31.2 Å². The third-order valence-electron chi connectivity index (χ3n) is 4.81. The summed E-state index contributed by atoms with van der Waals surface area (Å²) in [7, 11) is -3.31. The Balaban J connectivity index is 2.24. The van der Waals surface area contributed by atoms with Crippen molar-refractivity contribution < 1.29 is 22.0 Å². The summed E-state index contributed by atoms with van der Waals surface area (Å²) < 4.78 is 50.3. The minimum Gasteiger partial charge on any atom is -0.332 e. The fourth-order valence-electron chi connectivity index (χ4n) is 3.30. The zero-order valence-electron chi connectivity index (χ0n) is 16.0. The molecule has 5 nitrogen and oxygen atoms in total. The fourth-order valence-corrected chi connectivity index (χ4v) is 4.08. The van der Waals surface area contributed by atoms with Crippen molar-refractivity contribution in [3.05, 3.63) is 46.3 Å². The van der Waals surface area contributed by atoms with Crippen molar-refractivity contribution in [2.75, 3.05) is 12.8 Å². The van der Waals surface area contributed by atoms with E-state index in [4.69, 9.17) is 11.6 Å². The van der Waals surface area contributed by atoms with Crippen LogP contribution in [0.25, 0.3) is 0 Å². The highest BCUT2D eigenvalue weighted by Gasteiger charge is 2.42. The van der Waals surface area contributed by atoms with Crippen LogP contribution >= 0.6 is 11.6 Å². The minimum atomic E-state index is -3.31. The number of nitrogens with one attached hydrogen (secondary N) is 1. The maximum Gasteiger partial charge on any atom is 0.318 e. The van der Waals surface area contributed by atoms with Gasteiger partial charge in [-0.25, -0.2) is 22.0 Å². The number of amides is 2. The smallest absolute Gasteiger partial charge is 0.318 e. The number of likely N-dealkylation sites (tertiary alicyclic amines) is 1. The predicted octanol–water partition coefficient (Wildman–Crippen LogP) is 4.40. The van der Waals surface area contributed by atoms with E-state index in [1.165, 1.54) is 11.0 Å². The molecule has 0 radical (unpaired) electrons. The lowest BCUT2D eigenvalue weighted by atomic mass is 9.84. The van der Waals surface area contributed by atoms with Gasteiger partial charge in [-0.05, 0) is 38.3 Å². The summed E-state index contributed by atoms with van der Waals surface area (Å²) in [5.74, 6) is -3.71. The van der Waals surface area contributed by atoms with E-state index in [0.29, 0.717) is 10.6 Å². The molecule has 1 N–H and O–H groups in total. The van der Waals surface area contributed by atoms with Gasteiger partial charge in [0.1, 0.15) is 0 Å². The largest absolute Gasteiger partial charge is 0.332 e. The van der Waals surface area contributed by atoms with E-state index in [9.17, 15) is 22.0 Å². The first-order valence-corrected chi connectivity index (χ1v) is 11.3. The number of carbonyl (C=O) groups is 1. The van der Waals surface area contributed by atoms with Crippen LogP contribution in [0.15, 0.2) is 35.7 Å². The average Bonchev–Trinajstić information content (AvgIpc) is 2.58. The van der Waals surface area contributed by atoms with Gasteiger partial charge in [-0.2, -0.15) is 0 Å². The standard InChI is InChI=1S/C19H25ClF2N2O3S/c1-13(9-11-28(3,26)27)23-18(25)24-10-8-14(19(2,21)22)12-17(24)15-6-4-5-7-16(15)20/h4-7,9,11,13-14,17H,8,10,12H2,1-3H3,(H,23,25)/b11-9+/t13?,14-,17+/m1/s1. The topological polar surface area (TPSA) is 66.5 Å². The van der Waals surface area contributed by atoms with Crippen molar-refractivity contribution in [2.24, 2.45) is 5.92 Å². The highest BCUT2D eigenvalue weighted by atomic mass is 35.5.